The summed E-state index contributed by atoms with van der Waals surface area (Å²) in [5.74, 6) is -0.527. The first-order valence-electron chi connectivity index (χ1n) is 5.48. The summed E-state index contributed by atoms with van der Waals surface area (Å²) in [4.78, 5) is 22.8. The van der Waals surface area contributed by atoms with Crippen molar-refractivity contribution in [3.8, 4) is 0 Å². The lowest BCUT2D eigenvalue weighted by Crippen LogP contribution is -2.43. The van der Waals surface area contributed by atoms with E-state index in [4.69, 9.17) is 5.11 Å². The molecule has 96 valence electrons. The molecular weight excluding hydrogens is 240 g/mol. The maximum atomic E-state index is 11.8. The molecule has 5 nitrogen and oxygen atoms in total. The highest BCUT2D eigenvalue weighted by atomic mass is 32.2. The van der Waals surface area contributed by atoms with Crippen LogP contribution in [0, 0.1) is 0 Å². The van der Waals surface area contributed by atoms with Crippen molar-refractivity contribution in [2.75, 3.05) is 25.1 Å². The molecule has 1 aliphatic rings. The standard InChI is InChI=1S/C11H18N2O3S/c1-7(8-5-12-6-8)10(14)13-9(11(15)16)3-4-17-2/h9,12H,3-6H2,1-2H3,(H,13,14)(H,15,16). The number of thioether (sulfide) groups is 1. The molecule has 0 aliphatic carbocycles. The highest BCUT2D eigenvalue weighted by Gasteiger charge is 2.22. The van der Waals surface area contributed by atoms with Gasteiger partial charge in [0.25, 0.3) is 0 Å². The van der Waals surface area contributed by atoms with Crippen LogP contribution in [0.5, 0.6) is 0 Å². The fourth-order valence-electron chi connectivity index (χ4n) is 1.44. The van der Waals surface area contributed by atoms with Gasteiger partial charge in [0, 0.05) is 18.7 Å². The van der Waals surface area contributed by atoms with E-state index in [2.05, 4.69) is 10.6 Å². The van der Waals surface area contributed by atoms with Crippen LogP contribution in [0.3, 0.4) is 0 Å². The molecule has 1 atom stereocenters. The second-order valence-electron chi connectivity index (χ2n) is 3.98. The number of carboxylic acids is 1. The van der Waals surface area contributed by atoms with Crippen molar-refractivity contribution in [2.24, 2.45) is 0 Å². The molecule has 1 heterocycles. The number of aliphatic carboxylic acids is 1. The molecule has 0 radical (unpaired) electrons. The zero-order valence-corrected chi connectivity index (χ0v) is 10.9. The normalized spacial score (nSPS) is 16.0. The number of nitrogens with one attached hydrogen (secondary N) is 2. The first-order valence-corrected chi connectivity index (χ1v) is 6.87. The minimum absolute atomic E-state index is 0.269. The molecule has 0 saturated carbocycles. The highest BCUT2D eigenvalue weighted by molar-refractivity contribution is 7.98. The van der Waals surface area contributed by atoms with Gasteiger partial charge < -0.3 is 15.7 Å². The van der Waals surface area contributed by atoms with Gasteiger partial charge >= 0.3 is 5.97 Å². The molecular formula is C11H18N2O3S. The number of carbonyl (C=O) groups excluding carboxylic acids is 1. The predicted molar refractivity (Wildman–Crippen MR) is 68.1 cm³/mol. The monoisotopic (exact) mass is 258 g/mol. The largest absolute Gasteiger partial charge is 0.480 e. The third-order valence-electron chi connectivity index (χ3n) is 2.76. The van der Waals surface area contributed by atoms with Gasteiger partial charge in [-0.05, 0) is 30.9 Å². The van der Waals surface area contributed by atoms with Crippen molar-refractivity contribution < 1.29 is 14.7 Å². The molecule has 3 N–H and O–H groups in total. The summed E-state index contributed by atoms with van der Waals surface area (Å²) in [7, 11) is 0. The number of carboxylic acid groups (broad SMARTS) is 1. The Morgan fingerprint density at radius 2 is 2.18 bits per heavy atom. The van der Waals surface area contributed by atoms with Crippen LogP contribution in [0.15, 0.2) is 11.1 Å². The van der Waals surface area contributed by atoms with E-state index in [1.165, 1.54) is 0 Å². The van der Waals surface area contributed by atoms with Gasteiger partial charge in [-0.25, -0.2) is 4.79 Å². The first kappa shape index (κ1) is 14.1. The molecule has 1 rings (SSSR count). The van der Waals surface area contributed by atoms with Crippen molar-refractivity contribution >= 4 is 23.6 Å². The van der Waals surface area contributed by atoms with E-state index in [9.17, 15) is 9.59 Å². The molecule has 1 amide bonds. The number of hydrogen-bond acceptors (Lipinski definition) is 4. The smallest absolute Gasteiger partial charge is 0.326 e. The summed E-state index contributed by atoms with van der Waals surface area (Å²) >= 11 is 1.57. The van der Waals surface area contributed by atoms with Gasteiger partial charge in [-0.2, -0.15) is 11.8 Å². The van der Waals surface area contributed by atoms with Gasteiger partial charge in [0.2, 0.25) is 5.91 Å². The summed E-state index contributed by atoms with van der Waals surface area (Å²) in [5.41, 5.74) is 1.69. The molecule has 0 aromatic carbocycles. The van der Waals surface area contributed by atoms with Crippen molar-refractivity contribution in [2.45, 2.75) is 19.4 Å². The Bertz CT molecular complexity index is 336. The van der Waals surface area contributed by atoms with E-state index >= 15 is 0 Å². The average molecular weight is 258 g/mol. The lowest BCUT2D eigenvalue weighted by Gasteiger charge is -2.22. The van der Waals surface area contributed by atoms with Crippen molar-refractivity contribution in [1.29, 1.82) is 0 Å². The Hall–Kier alpha value is -1.01. The molecule has 1 fully saturated rings. The van der Waals surface area contributed by atoms with Crippen LogP contribution in [0.4, 0.5) is 0 Å². The molecule has 0 bridgehead atoms. The minimum atomic E-state index is -0.975. The number of amides is 1. The summed E-state index contributed by atoms with van der Waals surface area (Å²) in [6.07, 6.45) is 2.36. The predicted octanol–water partition coefficient (Wildman–Crippen LogP) is 0.229. The van der Waals surface area contributed by atoms with Gasteiger partial charge in [-0.15, -0.1) is 0 Å². The minimum Gasteiger partial charge on any atom is -0.480 e. The van der Waals surface area contributed by atoms with E-state index in [1.54, 1.807) is 18.7 Å². The molecule has 1 aliphatic heterocycles. The Kier molecular flexibility index (Phi) is 5.50. The van der Waals surface area contributed by atoms with Crippen molar-refractivity contribution in [3.63, 3.8) is 0 Å². The fraction of sp³-hybridized carbons (Fsp3) is 0.636. The Labute approximate surface area is 105 Å². The van der Waals surface area contributed by atoms with Gasteiger partial charge in [0.05, 0.1) is 0 Å². The molecule has 17 heavy (non-hydrogen) atoms. The van der Waals surface area contributed by atoms with E-state index < -0.39 is 12.0 Å². The molecule has 0 aromatic heterocycles. The van der Waals surface area contributed by atoms with Crippen LogP contribution in [0.25, 0.3) is 0 Å². The number of rotatable bonds is 6. The summed E-state index contributed by atoms with van der Waals surface area (Å²) < 4.78 is 0. The second-order valence-corrected chi connectivity index (χ2v) is 4.96. The van der Waals surface area contributed by atoms with Crippen molar-refractivity contribution in [3.05, 3.63) is 11.1 Å². The van der Waals surface area contributed by atoms with Crippen molar-refractivity contribution in [1.82, 2.24) is 10.6 Å². The quantitative estimate of drug-likeness (QED) is 0.594. The second kappa shape index (κ2) is 6.66. The summed E-state index contributed by atoms with van der Waals surface area (Å²) in [6.45, 7) is 3.18. The van der Waals surface area contributed by atoms with Crippen LogP contribution in [0.1, 0.15) is 13.3 Å². The molecule has 6 heteroatoms. The van der Waals surface area contributed by atoms with Gasteiger partial charge in [-0.3, -0.25) is 4.79 Å². The van der Waals surface area contributed by atoms with Gasteiger partial charge in [0.15, 0.2) is 0 Å². The Morgan fingerprint density at radius 1 is 1.53 bits per heavy atom. The third kappa shape index (κ3) is 4.05. The average Bonchev–Trinajstić information content (AvgIpc) is 2.20. The topological polar surface area (TPSA) is 78.4 Å². The van der Waals surface area contributed by atoms with Crippen LogP contribution in [-0.4, -0.2) is 48.1 Å². The Balaban J connectivity index is 2.54. The first-order chi connectivity index (χ1) is 8.06. The molecule has 0 spiro atoms. The maximum Gasteiger partial charge on any atom is 0.326 e. The zero-order chi connectivity index (χ0) is 12.8. The van der Waals surface area contributed by atoms with E-state index in [0.29, 0.717) is 17.7 Å². The fourth-order valence-corrected chi connectivity index (χ4v) is 1.91. The Morgan fingerprint density at radius 3 is 2.59 bits per heavy atom. The summed E-state index contributed by atoms with van der Waals surface area (Å²) in [6, 6.07) is -0.793. The zero-order valence-electron chi connectivity index (χ0n) is 10.1. The van der Waals surface area contributed by atoms with Crippen LogP contribution < -0.4 is 10.6 Å². The molecule has 1 unspecified atom stereocenters. The molecule has 1 saturated heterocycles. The lowest BCUT2D eigenvalue weighted by molar-refractivity contribution is -0.141. The van der Waals surface area contributed by atoms with E-state index in [-0.39, 0.29) is 5.91 Å². The van der Waals surface area contributed by atoms with E-state index in [0.717, 1.165) is 18.7 Å². The lowest BCUT2D eigenvalue weighted by atomic mass is 10.0. The van der Waals surface area contributed by atoms with Crippen LogP contribution in [-0.2, 0) is 9.59 Å². The molecule has 0 aromatic rings. The number of carbonyl (C=O) groups is 2. The maximum absolute atomic E-state index is 11.8. The summed E-state index contributed by atoms with van der Waals surface area (Å²) in [5, 5.41) is 14.6. The van der Waals surface area contributed by atoms with E-state index in [1.807, 2.05) is 6.26 Å². The SMILES string of the molecule is CSCCC(NC(=O)C(C)=C1CNC1)C(=O)O. The third-order valence-corrected chi connectivity index (χ3v) is 3.41. The number of hydrogen-bond donors (Lipinski definition) is 3. The van der Waals surface area contributed by atoms with Gasteiger partial charge in [0.1, 0.15) is 6.04 Å². The van der Waals surface area contributed by atoms with Gasteiger partial charge in [-0.1, -0.05) is 0 Å². The highest BCUT2D eigenvalue weighted by Crippen LogP contribution is 2.09. The van der Waals surface area contributed by atoms with Crippen LogP contribution in [0.2, 0.25) is 0 Å². The van der Waals surface area contributed by atoms with Crippen LogP contribution >= 0.6 is 11.8 Å².